The van der Waals surface area contributed by atoms with Crippen LogP contribution < -0.4 is 29.6 Å². The number of carbonyl (C=O) groups is 1. The number of carbonyl (C=O) groups excluding carboxylic acids is 1. The number of methoxy groups -OCH3 is 2. The predicted molar refractivity (Wildman–Crippen MR) is 285 cm³/mol. The van der Waals surface area contributed by atoms with Gasteiger partial charge >= 0.3 is 6.03 Å². The molecule has 2 N–H and O–H groups in total. The van der Waals surface area contributed by atoms with Gasteiger partial charge < -0.3 is 57.0 Å². The fourth-order valence-corrected chi connectivity index (χ4v) is 10.8. The lowest BCUT2D eigenvalue weighted by molar-refractivity contribution is -0.0912. The zero-order chi connectivity index (χ0) is 53.3. The maximum absolute atomic E-state index is 13.7. The van der Waals surface area contributed by atoms with Gasteiger partial charge in [-0.2, -0.15) is 5.26 Å². The number of ether oxygens (including phenoxy) is 9. The Balaban J connectivity index is 1.08. The third-order valence-corrected chi connectivity index (χ3v) is 14.7. The number of nitrogens with zero attached hydrogens (tertiary/aromatic N) is 6. The summed E-state index contributed by atoms with van der Waals surface area (Å²) in [7, 11) is 1.56. The highest BCUT2D eigenvalue weighted by Crippen LogP contribution is 2.51. The second-order valence-electron chi connectivity index (χ2n) is 18.2. The van der Waals surface area contributed by atoms with E-state index in [1.54, 1.807) is 38.7 Å². The van der Waals surface area contributed by atoms with E-state index in [9.17, 15) is 10.1 Å². The van der Waals surface area contributed by atoms with Crippen LogP contribution in [0.15, 0.2) is 110 Å². The van der Waals surface area contributed by atoms with E-state index >= 15 is 0 Å². The van der Waals surface area contributed by atoms with Crippen LogP contribution >= 0.6 is 8.53 Å². The van der Waals surface area contributed by atoms with Crippen molar-refractivity contribution in [3.8, 4) is 29.1 Å². The summed E-state index contributed by atoms with van der Waals surface area (Å²) in [5, 5.41) is 15.2. The van der Waals surface area contributed by atoms with Gasteiger partial charge in [0.2, 0.25) is 0 Å². The van der Waals surface area contributed by atoms with Gasteiger partial charge in [-0.25, -0.2) is 24.4 Å². The lowest BCUT2D eigenvalue weighted by Crippen LogP contribution is -2.39. The molecule has 0 radical (unpaired) electrons. The van der Waals surface area contributed by atoms with E-state index in [4.69, 9.17) is 56.7 Å². The summed E-state index contributed by atoms with van der Waals surface area (Å²) in [4.78, 5) is 27.5. The molecule has 1 saturated heterocycles. The zero-order valence-electron chi connectivity index (χ0n) is 43.8. The third kappa shape index (κ3) is 13.9. The topological polar surface area (TPSA) is 213 Å². The van der Waals surface area contributed by atoms with Crippen LogP contribution in [0.25, 0.3) is 11.2 Å². The summed E-state index contributed by atoms with van der Waals surface area (Å²) in [5.74, 6) is 2.48. The molecule has 0 spiro atoms. The molecule has 76 heavy (non-hydrogen) atoms. The van der Waals surface area contributed by atoms with Crippen LogP contribution in [0.3, 0.4) is 0 Å². The molecule has 1 fully saturated rings. The van der Waals surface area contributed by atoms with Crippen LogP contribution in [-0.2, 0) is 38.3 Å². The number of amides is 2. The molecule has 2 aliphatic heterocycles. The van der Waals surface area contributed by atoms with E-state index in [0.29, 0.717) is 92.5 Å². The smallest absolute Gasteiger partial charge is 0.324 e. The summed E-state index contributed by atoms with van der Waals surface area (Å²) < 4.78 is 71.9. The minimum Gasteiger partial charge on any atom is -0.497 e. The minimum absolute atomic E-state index is 0.0440. The Kier molecular flexibility index (Phi) is 20.2. The maximum Gasteiger partial charge on any atom is 0.324 e. The van der Waals surface area contributed by atoms with Gasteiger partial charge in [0.15, 0.2) is 28.5 Å². The summed E-state index contributed by atoms with van der Waals surface area (Å²) in [5.41, 5.74) is 2.61. The highest BCUT2D eigenvalue weighted by Gasteiger charge is 2.45. The molecule has 2 amide bonds. The lowest BCUT2D eigenvalue weighted by Gasteiger charge is -2.39. The first-order valence-electron chi connectivity index (χ1n) is 25.4. The number of nitriles is 1. The van der Waals surface area contributed by atoms with E-state index in [0.717, 1.165) is 16.7 Å². The second kappa shape index (κ2) is 27.5. The predicted octanol–water partition coefficient (Wildman–Crippen LogP) is 9.27. The van der Waals surface area contributed by atoms with Crippen LogP contribution in [-0.4, -0.2) is 135 Å². The van der Waals surface area contributed by atoms with E-state index in [1.807, 2.05) is 83.4 Å². The Labute approximate surface area is 444 Å². The zero-order valence-corrected chi connectivity index (χ0v) is 44.7. The number of hydrogen-bond donors (Lipinski definition) is 2. The molecule has 8 rings (SSSR count). The van der Waals surface area contributed by atoms with Gasteiger partial charge in [0.05, 0.1) is 92.0 Å². The Hall–Kier alpha value is -6.50. The highest BCUT2D eigenvalue weighted by molar-refractivity contribution is 7.44. The van der Waals surface area contributed by atoms with E-state index in [-0.39, 0.29) is 44.1 Å². The van der Waals surface area contributed by atoms with Crippen LogP contribution in [0, 0.1) is 11.3 Å². The van der Waals surface area contributed by atoms with Crippen molar-refractivity contribution in [2.24, 2.45) is 0 Å². The molecule has 1 unspecified atom stereocenters. The van der Waals surface area contributed by atoms with Crippen molar-refractivity contribution in [3.63, 3.8) is 0 Å². The van der Waals surface area contributed by atoms with Crippen molar-refractivity contribution in [2.75, 3.05) is 90.9 Å². The molecule has 4 heterocycles. The molecule has 6 aromatic rings. The van der Waals surface area contributed by atoms with E-state index < -0.39 is 38.6 Å². The number of fused-ring (bicyclic) bond motifs is 2. The van der Waals surface area contributed by atoms with Crippen molar-refractivity contribution in [3.05, 3.63) is 126 Å². The van der Waals surface area contributed by atoms with Crippen molar-refractivity contribution in [1.29, 1.82) is 5.26 Å². The molecule has 20 nitrogen and oxygen atoms in total. The number of hydrogen-bond acceptors (Lipinski definition) is 17. The fraction of sp³-hybridized carbons (Fsp3) is 0.436. The number of rotatable bonds is 19. The fourth-order valence-electron chi connectivity index (χ4n) is 9.03. The summed E-state index contributed by atoms with van der Waals surface area (Å²) in [6, 6.07) is 32.5. The van der Waals surface area contributed by atoms with E-state index in [2.05, 4.69) is 59.0 Å². The SMILES string of the molecule is COc1ccc(C(OC[C@H]2O[C@@H](n3cnc4c(NC(=O)Nc5ccc6c(c5)OCCOCCOCCOCCO6)ncnc43)C[C@@H]2OP(OCCC#N)N(C(C)C)C(C)C)(c2ccccc2)c2ccc(OC)cc2)cc1. The van der Waals surface area contributed by atoms with Gasteiger partial charge in [0, 0.05) is 30.3 Å². The standard InChI is InChI=1S/C55H67N8O12P/c1-38(2)63(39(3)4)76(73-24-10-23-56)75-48-34-50(74-49(48)35-72-55(40-11-8-7-9-12-40,41-13-18-44(65-5)19-14-41)42-15-20-45(66-6)21-16-42)62-37-59-51-52(57-36-58-53(51)62)61-54(64)60-43-17-22-46-47(33-43)71-32-30-69-28-26-67-25-27-68-29-31-70-46/h7-9,11-22,33,36-39,48-50H,10,24-32,34-35H2,1-6H3,(H2,57,58,60,61,64)/t48-,49+,50+,76?/m0/s1. The largest absolute Gasteiger partial charge is 0.497 e. The first kappa shape index (κ1) is 55.7. The molecule has 2 aromatic heterocycles. The molecule has 2 aliphatic rings. The maximum atomic E-state index is 13.7. The normalized spacial score (nSPS) is 18.2. The quantitative estimate of drug-likeness (QED) is 0.0439. The molecule has 4 atom stereocenters. The van der Waals surface area contributed by atoms with Crippen LogP contribution in [0.5, 0.6) is 23.0 Å². The summed E-state index contributed by atoms with van der Waals surface area (Å²) >= 11 is 0. The Morgan fingerprint density at radius 2 is 1.38 bits per heavy atom. The van der Waals surface area contributed by atoms with Gasteiger partial charge in [-0.1, -0.05) is 54.6 Å². The van der Waals surface area contributed by atoms with Crippen molar-refractivity contribution in [1.82, 2.24) is 24.2 Å². The first-order chi connectivity index (χ1) is 37.1. The molecule has 0 bridgehead atoms. The van der Waals surface area contributed by atoms with Crippen LogP contribution in [0.2, 0.25) is 0 Å². The Bertz CT molecular complexity index is 2750. The van der Waals surface area contributed by atoms with Gasteiger partial charge in [0.25, 0.3) is 8.53 Å². The number of nitrogens with one attached hydrogen (secondary N) is 2. The van der Waals surface area contributed by atoms with Crippen molar-refractivity contribution in [2.45, 2.75) is 76.7 Å². The van der Waals surface area contributed by atoms with Crippen molar-refractivity contribution >= 4 is 37.2 Å². The number of anilines is 2. The molecule has 0 aliphatic carbocycles. The number of benzene rings is 4. The minimum atomic E-state index is -1.71. The molecular weight excluding hydrogens is 996 g/mol. The average Bonchev–Trinajstić information content (AvgIpc) is 4.07. The number of imidazole rings is 1. The molecule has 0 saturated carbocycles. The number of urea groups is 1. The second-order valence-corrected chi connectivity index (χ2v) is 19.6. The van der Waals surface area contributed by atoms with E-state index in [1.165, 1.54) is 6.33 Å². The van der Waals surface area contributed by atoms with Gasteiger partial charge in [-0.05, 0) is 80.8 Å². The Morgan fingerprint density at radius 1 is 0.776 bits per heavy atom. The molecule has 4 aromatic carbocycles. The molecular formula is C55H67N8O12P. The van der Waals surface area contributed by atoms with Crippen LogP contribution in [0.1, 0.15) is 63.5 Å². The first-order valence-corrected chi connectivity index (χ1v) is 26.5. The van der Waals surface area contributed by atoms with Gasteiger partial charge in [-0.3, -0.25) is 9.88 Å². The monoisotopic (exact) mass is 1060 g/mol. The molecule has 21 heteroatoms. The van der Waals surface area contributed by atoms with Gasteiger partial charge in [0.1, 0.15) is 49.0 Å². The summed E-state index contributed by atoms with van der Waals surface area (Å²) in [6.07, 6.45) is 1.55. The summed E-state index contributed by atoms with van der Waals surface area (Å²) in [6.45, 7) is 11.6. The van der Waals surface area contributed by atoms with Crippen LogP contribution in [0.4, 0.5) is 16.3 Å². The highest BCUT2D eigenvalue weighted by atomic mass is 31.2. The molecule has 404 valence electrons. The lowest BCUT2D eigenvalue weighted by atomic mass is 9.80. The number of aromatic nitrogens is 4. The third-order valence-electron chi connectivity index (χ3n) is 12.5. The van der Waals surface area contributed by atoms with Crippen molar-refractivity contribution < 1.29 is 56.5 Å². The van der Waals surface area contributed by atoms with Gasteiger partial charge in [-0.15, -0.1) is 0 Å². The average molecular weight is 1060 g/mol. The Morgan fingerprint density at radius 3 is 1.99 bits per heavy atom.